The van der Waals surface area contributed by atoms with Gasteiger partial charge in [-0.15, -0.1) is 0 Å². The zero-order valence-electron chi connectivity index (χ0n) is 14.1. The molecule has 1 aromatic heterocycles. The molecule has 1 aliphatic rings. The maximum absolute atomic E-state index is 12.4. The highest BCUT2D eigenvalue weighted by atomic mass is 16.3. The van der Waals surface area contributed by atoms with Gasteiger partial charge in [0.1, 0.15) is 0 Å². The molecular formula is C19H25N3O2. The molecule has 0 aliphatic carbocycles. The quantitative estimate of drug-likeness (QED) is 0.918. The van der Waals surface area contributed by atoms with Crippen molar-refractivity contribution in [3.63, 3.8) is 0 Å². The first kappa shape index (κ1) is 16.6. The number of likely N-dealkylation sites (tertiary alicyclic amines) is 1. The number of urea groups is 1. The molecule has 3 rings (SSSR count). The predicted molar refractivity (Wildman–Crippen MR) is 93.4 cm³/mol. The van der Waals surface area contributed by atoms with Gasteiger partial charge >= 0.3 is 6.03 Å². The summed E-state index contributed by atoms with van der Waals surface area (Å²) in [5.74, 6) is 0. The van der Waals surface area contributed by atoms with Crippen molar-refractivity contribution < 1.29 is 9.21 Å². The smallest absolute Gasteiger partial charge is 0.317 e. The van der Waals surface area contributed by atoms with Crippen LogP contribution in [0.2, 0.25) is 0 Å². The average Bonchev–Trinajstić information content (AvgIpc) is 3.09. The average molecular weight is 327 g/mol. The summed E-state index contributed by atoms with van der Waals surface area (Å²) in [7, 11) is 1.81. The fourth-order valence-corrected chi connectivity index (χ4v) is 3.17. The molecule has 0 radical (unpaired) electrons. The summed E-state index contributed by atoms with van der Waals surface area (Å²) < 4.78 is 5.05. The lowest BCUT2D eigenvalue weighted by molar-refractivity contribution is 0.167. The minimum atomic E-state index is -0.0252. The molecule has 1 atom stereocenters. The molecule has 24 heavy (non-hydrogen) atoms. The van der Waals surface area contributed by atoms with Crippen LogP contribution in [-0.4, -0.2) is 42.0 Å². The van der Waals surface area contributed by atoms with Crippen LogP contribution in [-0.2, 0) is 13.1 Å². The minimum Gasteiger partial charge on any atom is -0.472 e. The van der Waals surface area contributed by atoms with Crippen molar-refractivity contribution in [3.8, 4) is 0 Å². The largest absolute Gasteiger partial charge is 0.472 e. The zero-order valence-corrected chi connectivity index (χ0v) is 14.1. The van der Waals surface area contributed by atoms with Crippen LogP contribution in [0.1, 0.15) is 24.0 Å². The molecule has 0 spiro atoms. The summed E-state index contributed by atoms with van der Waals surface area (Å²) in [5, 5.41) is 3.16. The normalized spacial score (nSPS) is 18.3. The number of carbonyl (C=O) groups is 1. The van der Waals surface area contributed by atoms with E-state index < -0.39 is 0 Å². The lowest BCUT2D eigenvalue weighted by Crippen LogP contribution is -2.50. The Kier molecular flexibility index (Phi) is 5.54. The number of furan rings is 1. The summed E-state index contributed by atoms with van der Waals surface area (Å²) in [6.45, 7) is 3.49. The Hall–Kier alpha value is -2.27. The second kappa shape index (κ2) is 8.02. The van der Waals surface area contributed by atoms with Crippen LogP contribution >= 0.6 is 0 Å². The molecular weight excluding hydrogens is 302 g/mol. The number of benzene rings is 1. The lowest BCUT2D eigenvalue weighted by Gasteiger charge is -2.34. The number of nitrogens with zero attached hydrogens (tertiary/aromatic N) is 2. The molecule has 128 valence electrons. The van der Waals surface area contributed by atoms with Crippen molar-refractivity contribution in [3.05, 3.63) is 60.1 Å². The van der Waals surface area contributed by atoms with Crippen LogP contribution in [0.25, 0.3) is 0 Å². The topological polar surface area (TPSA) is 48.7 Å². The fourth-order valence-electron chi connectivity index (χ4n) is 3.17. The van der Waals surface area contributed by atoms with Gasteiger partial charge in [-0.25, -0.2) is 4.79 Å². The highest BCUT2D eigenvalue weighted by molar-refractivity contribution is 5.74. The Balaban J connectivity index is 1.48. The number of piperidine rings is 1. The molecule has 2 aromatic rings. The van der Waals surface area contributed by atoms with E-state index in [4.69, 9.17) is 4.42 Å². The predicted octanol–water partition coefficient (Wildman–Crippen LogP) is 3.09. The number of carbonyl (C=O) groups excluding carboxylic acids is 1. The summed E-state index contributed by atoms with van der Waals surface area (Å²) >= 11 is 0. The second-order valence-corrected chi connectivity index (χ2v) is 6.50. The SMILES string of the molecule is CN(Cc1ccoc1)C(=O)N[C@H]1CCCN(Cc2ccccc2)C1. The molecule has 1 aliphatic heterocycles. The molecule has 1 saturated heterocycles. The van der Waals surface area contributed by atoms with Crippen LogP contribution in [0.4, 0.5) is 4.79 Å². The molecule has 1 aromatic carbocycles. The summed E-state index contributed by atoms with van der Waals surface area (Å²) in [6.07, 6.45) is 5.45. The van der Waals surface area contributed by atoms with Gasteiger partial charge in [0.15, 0.2) is 0 Å². The van der Waals surface area contributed by atoms with Crippen molar-refractivity contribution in [2.24, 2.45) is 0 Å². The maximum atomic E-state index is 12.4. The molecule has 0 saturated carbocycles. The first-order valence-electron chi connectivity index (χ1n) is 8.49. The van der Waals surface area contributed by atoms with Gasteiger partial charge in [0.25, 0.3) is 0 Å². The van der Waals surface area contributed by atoms with Gasteiger partial charge < -0.3 is 14.6 Å². The van der Waals surface area contributed by atoms with E-state index in [1.807, 2.05) is 19.2 Å². The van der Waals surface area contributed by atoms with Crippen LogP contribution < -0.4 is 5.32 Å². The maximum Gasteiger partial charge on any atom is 0.317 e. The third-order valence-corrected chi connectivity index (χ3v) is 4.43. The van der Waals surface area contributed by atoms with Crippen molar-refractivity contribution in [2.45, 2.75) is 32.0 Å². The Morgan fingerprint density at radius 3 is 2.88 bits per heavy atom. The van der Waals surface area contributed by atoms with Crippen LogP contribution in [0.5, 0.6) is 0 Å². The fraction of sp³-hybridized carbons (Fsp3) is 0.421. The Morgan fingerprint density at radius 2 is 2.12 bits per heavy atom. The van der Waals surface area contributed by atoms with Gasteiger partial charge in [-0.1, -0.05) is 30.3 Å². The van der Waals surface area contributed by atoms with E-state index in [0.29, 0.717) is 6.54 Å². The monoisotopic (exact) mass is 327 g/mol. The van der Waals surface area contributed by atoms with Crippen molar-refractivity contribution >= 4 is 6.03 Å². The van der Waals surface area contributed by atoms with Gasteiger partial charge in [0, 0.05) is 31.7 Å². The van der Waals surface area contributed by atoms with E-state index in [1.54, 1.807) is 17.4 Å². The Bertz CT molecular complexity index is 627. The number of nitrogens with one attached hydrogen (secondary N) is 1. The van der Waals surface area contributed by atoms with E-state index in [9.17, 15) is 4.79 Å². The zero-order chi connectivity index (χ0) is 16.8. The highest BCUT2D eigenvalue weighted by Crippen LogP contribution is 2.14. The Labute approximate surface area is 143 Å². The standard InChI is InChI=1S/C19H25N3O2/c1-21(12-17-9-11-24-15-17)19(23)20-18-8-5-10-22(14-18)13-16-6-3-2-4-7-16/h2-4,6-7,9,11,15,18H,5,8,10,12-14H2,1H3,(H,20,23)/t18-/m0/s1. The van der Waals surface area contributed by atoms with Crippen LogP contribution in [0, 0.1) is 0 Å². The molecule has 2 heterocycles. The van der Waals surface area contributed by atoms with Crippen molar-refractivity contribution in [2.75, 3.05) is 20.1 Å². The second-order valence-electron chi connectivity index (χ2n) is 6.50. The van der Waals surface area contributed by atoms with Gasteiger partial charge in [-0.3, -0.25) is 4.90 Å². The highest BCUT2D eigenvalue weighted by Gasteiger charge is 2.22. The third kappa shape index (κ3) is 4.61. The van der Waals surface area contributed by atoms with Crippen LogP contribution in [0.3, 0.4) is 0 Å². The molecule has 2 amide bonds. The van der Waals surface area contributed by atoms with Gasteiger partial charge in [0.05, 0.1) is 19.1 Å². The van der Waals surface area contributed by atoms with E-state index in [0.717, 1.165) is 38.0 Å². The van der Waals surface area contributed by atoms with E-state index >= 15 is 0 Å². The number of amides is 2. The molecule has 1 N–H and O–H groups in total. The summed E-state index contributed by atoms with van der Waals surface area (Å²) in [6, 6.07) is 12.6. The number of hydrogen-bond acceptors (Lipinski definition) is 3. The van der Waals surface area contributed by atoms with Crippen molar-refractivity contribution in [1.29, 1.82) is 0 Å². The summed E-state index contributed by atoms with van der Waals surface area (Å²) in [5.41, 5.74) is 2.32. The van der Waals surface area contributed by atoms with Crippen molar-refractivity contribution in [1.82, 2.24) is 15.1 Å². The molecule has 5 nitrogen and oxygen atoms in total. The Morgan fingerprint density at radius 1 is 1.29 bits per heavy atom. The summed E-state index contributed by atoms with van der Waals surface area (Å²) in [4.78, 5) is 16.5. The number of rotatable bonds is 5. The van der Waals surface area contributed by atoms with Gasteiger partial charge in [-0.05, 0) is 31.0 Å². The van der Waals surface area contributed by atoms with E-state index in [1.165, 1.54) is 5.56 Å². The first-order chi connectivity index (χ1) is 11.7. The third-order valence-electron chi connectivity index (χ3n) is 4.43. The molecule has 0 unspecified atom stereocenters. The molecule has 5 heteroatoms. The van der Waals surface area contributed by atoms with Gasteiger partial charge in [0.2, 0.25) is 0 Å². The minimum absolute atomic E-state index is 0.0252. The van der Waals surface area contributed by atoms with Crippen LogP contribution in [0.15, 0.2) is 53.3 Å². The molecule has 1 fully saturated rings. The van der Waals surface area contributed by atoms with E-state index in [2.05, 4.69) is 34.5 Å². The first-order valence-corrected chi connectivity index (χ1v) is 8.49. The van der Waals surface area contributed by atoms with E-state index in [-0.39, 0.29) is 12.1 Å². The number of hydrogen-bond donors (Lipinski definition) is 1. The van der Waals surface area contributed by atoms with Gasteiger partial charge in [-0.2, -0.15) is 0 Å². The molecule has 0 bridgehead atoms. The lowest BCUT2D eigenvalue weighted by atomic mass is 10.0.